The third kappa shape index (κ3) is 4.86. The molecule has 1 heterocycles. The fourth-order valence-corrected chi connectivity index (χ4v) is 2.66. The SMILES string of the molecule is CCN(C)Cc1cccc(CNc2ccc(-c3ccc(F)cc3)nn2)c1. The van der Waals surface area contributed by atoms with Crippen LogP contribution >= 0.6 is 0 Å². The van der Waals surface area contributed by atoms with Crippen molar-refractivity contribution < 1.29 is 4.39 Å². The zero-order valence-corrected chi connectivity index (χ0v) is 15.1. The molecule has 3 aromatic rings. The van der Waals surface area contributed by atoms with Crippen LogP contribution in [0.15, 0.2) is 60.7 Å². The summed E-state index contributed by atoms with van der Waals surface area (Å²) in [6.45, 7) is 4.81. The number of aromatic nitrogens is 2. The molecule has 3 rings (SSSR count). The minimum Gasteiger partial charge on any atom is -0.365 e. The number of halogens is 1. The summed E-state index contributed by atoms with van der Waals surface area (Å²) in [5, 5.41) is 11.7. The van der Waals surface area contributed by atoms with Gasteiger partial charge in [0, 0.05) is 18.7 Å². The lowest BCUT2D eigenvalue weighted by Gasteiger charge is -2.14. The predicted octanol–water partition coefficient (Wildman–Crippen LogP) is 4.35. The third-order valence-electron chi connectivity index (χ3n) is 4.26. The van der Waals surface area contributed by atoms with Crippen molar-refractivity contribution in [3.8, 4) is 11.3 Å². The second kappa shape index (κ2) is 8.54. The highest BCUT2D eigenvalue weighted by Gasteiger charge is 2.03. The molecule has 0 saturated heterocycles. The van der Waals surface area contributed by atoms with Crippen LogP contribution in [0.2, 0.25) is 0 Å². The molecule has 2 aromatic carbocycles. The van der Waals surface area contributed by atoms with Crippen molar-refractivity contribution in [2.75, 3.05) is 18.9 Å². The molecule has 0 aliphatic heterocycles. The van der Waals surface area contributed by atoms with Crippen molar-refractivity contribution in [1.82, 2.24) is 15.1 Å². The largest absolute Gasteiger partial charge is 0.365 e. The van der Waals surface area contributed by atoms with Crippen LogP contribution in [0.5, 0.6) is 0 Å². The maximum atomic E-state index is 13.0. The first kappa shape index (κ1) is 18.0. The molecule has 0 spiro atoms. The van der Waals surface area contributed by atoms with Crippen molar-refractivity contribution in [1.29, 1.82) is 0 Å². The molecule has 0 saturated carbocycles. The van der Waals surface area contributed by atoms with Crippen LogP contribution in [-0.4, -0.2) is 28.7 Å². The van der Waals surface area contributed by atoms with Crippen LogP contribution in [-0.2, 0) is 13.1 Å². The van der Waals surface area contributed by atoms with E-state index in [1.165, 1.54) is 23.3 Å². The summed E-state index contributed by atoms with van der Waals surface area (Å²) in [6, 6.07) is 18.6. The number of hydrogen-bond donors (Lipinski definition) is 1. The molecule has 1 N–H and O–H groups in total. The van der Waals surface area contributed by atoms with E-state index in [4.69, 9.17) is 0 Å². The van der Waals surface area contributed by atoms with Gasteiger partial charge in [-0.25, -0.2) is 4.39 Å². The molecule has 0 aliphatic carbocycles. The van der Waals surface area contributed by atoms with Gasteiger partial charge in [-0.1, -0.05) is 31.2 Å². The highest BCUT2D eigenvalue weighted by molar-refractivity contribution is 5.59. The van der Waals surface area contributed by atoms with Crippen LogP contribution in [0.4, 0.5) is 10.2 Å². The summed E-state index contributed by atoms with van der Waals surface area (Å²) in [6.07, 6.45) is 0. The normalized spacial score (nSPS) is 10.9. The van der Waals surface area contributed by atoms with E-state index in [1.54, 1.807) is 12.1 Å². The lowest BCUT2D eigenvalue weighted by molar-refractivity contribution is 0.345. The Balaban J connectivity index is 1.61. The van der Waals surface area contributed by atoms with E-state index in [-0.39, 0.29) is 5.82 Å². The van der Waals surface area contributed by atoms with Crippen molar-refractivity contribution in [3.63, 3.8) is 0 Å². The van der Waals surface area contributed by atoms with Gasteiger partial charge < -0.3 is 10.2 Å². The predicted molar refractivity (Wildman–Crippen MR) is 103 cm³/mol. The molecular weight excluding hydrogens is 327 g/mol. The van der Waals surface area contributed by atoms with Gasteiger partial charge in [0.05, 0.1) is 5.69 Å². The van der Waals surface area contributed by atoms with Crippen LogP contribution in [0, 0.1) is 5.82 Å². The first-order valence-electron chi connectivity index (χ1n) is 8.74. The summed E-state index contributed by atoms with van der Waals surface area (Å²) < 4.78 is 13.0. The minimum atomic E-state index is -0.257. The van der Waals surface area contributed by atoms with Crippen molar-refractivity contribution in [2.45, 2.75) is 20.0 Å². The molecule has 0 fully saturated rings. The maximum absolute atomic E-state index is 13.0. The van der Waals surface area contributed by atoms with E-state index in [2.05, 4.69) is 58.7 Å². The molecule has 0 radical (unpaired) electrons. The Hall–Kier alpha value is -2.79. The first-order chi connectivity index (χ1) is 12.6. The van der Waals surface area contributed by atoms with Crippen molar-refractivity contribution >= 4 is 5.82 Å². The average molecular weight is 350 g/mol. The average Bonchev–Trinajstić information content (AvgIpc) is 2.68. The van der Waals surface area contributed by atoms with E-state index >= 15 is 0 Å². The molecular formula is C21H23FN4. The van der Waals surface area contributed by atoms with Crippen molar-refractivity contribution in [2.24, 2.45) is 0 Å². The number of nitrogens with one attached hydrogen (secondary N) is 1. The fourth-order valence-electron chi connectivity index (χ4n) is 2.66. The Morgan fingerprint density at radius 2 is 1.73 bits per heavy atom. The quantitative estimate of drug-likeness (QED) is 0.688. The minimum absolute atomic E-state index is 0.257. The highest BCUT2D eigenvalue weighted by Crippen LogP contribution is 2.18. The van der Waals surface area contributed by atoms with Crippen LogP contribution in [0.1, 0.15) is 18.1 Å². The second-order valence-corrected chi connectivity index (χ2v) is 6.31. The molecule has 0 bridgehead atoms. The topological polar surface area (TPSA) is 41.0 Å². The van der Waals surface area contributed by atoms with Crippen LogP contribution < -0.4 is 5.32 Å². The summed E-state index contributed by atoms with van der Waals surface area (Å²) in [5.74, 6) is 0.458. The molecule has 26 heavy (non-hydrogen) atoms. The monoisotopic (exact) mass is 350 g/mol. The van der Waals surface area contributed by atoms with Crippen LogP contribution in [0.25, 0.3) is 11.3 Å². The van der Waals surface area contributed by atoms with Gasteiger partial charge in [0.15, 0.2) is 0 Å². The number of benzene rings is 2. The van der Waals surface area contributed by atoms with Gasteiger partial charge in [-0.15, -0.1) is 10.2 Å². The Morgan fingerprint density at radius 3 is 2.42 bits per heavy atom. The van der Waals surface area contributed by atoms with E-state index in [9.17, 15) is 4.39 Å². The Kier molecular flexibility index (Phi) is 5.92. The highest BCUT2D eigenvalue weighted by atomic mass is 19.1. The molecule has 0 amide bonds. The smallest absolute Gasteiger partial charge is 0.148 e. The Morgan fingerprint density at radius 1 is 0.962 bits per heavy atom. The van der Waals surface area contributed by atoms with E-state index in [0.29, 0.717) is 12.4 Å². The van der Waals surface area contributed by atoms with Gasteiger partial charge in [-0.05, 0) is 61.1 Å². The van der Waals surface area contributed by atoms with Crippen LogP contribution in [0.3, 0.4) is 0 Å². The van der Waals surface area contributed by atoms with Gasteiger partial charge in [0.2, 0.25) is 0 Å². The van der Waals surface area contributed by atoms with Gasteiger partial charge in [0.1, 0.15) is 11.6 Å². The van der Waals surface area contributed by atoms with Gasteiger partial charge >= 0.3 is 0 Å². The molecule has 1 aromatic heterocycles. The molecule has 134 valence electrons. The Labute approximate surface area is 153 Å². The zero-order valence-electron chi connectivity index (χ0n) is 15.1. The second-order valence-electron chi connectivity index (χ2n) is 6.31. The van der Waals surface area contributed by atoms with Gasteiger partial charge in [-0.3, -0.25) is 0 Å². The summed E-state index contributed by atoms with van der Waals surface area (Å²) in [4.78, 5) is 2.27. The lowest BCUT2D eigenvalue weighted by atomic mass is 10.1. The van der Waals surface area contributed by atoms with Gasteiger partial charge in [-0.2, -0.15) is 0 Å². The number of rotatable bonds is 7. The van der Waals surface area contributed by atoms with Crippen molar-refractivity contribution in [3.05, 3.63) is 77.6 Å². The van der Waals surface area contributed by atoms with E-state index < -0.39 is 0 Å². The standard InChI is InChI=1S/C21H23FN4/c1-3-26(2)15-17-6-4-5-16(13-17)14-23-21-12-11-20(24-25-21)18-7-9-19(22)10-8-18/h4-13H,3,14-15H2,1-2H3,(H,23,25). The molecule has 5 heteroatoms. The number of hydrogen-bond acceptors (Lipinski definition) is 4. The van der Waals surface area contributed by atoms with E-state index in [0.717, 1.165) is 24.3 Å². The Bertz CT molecular complexity index is 831. The first-order valence-corrected chi connectivity index (χ1v) is 8.74. The maximum Gasteiger partial charge on any atom is 0.148 e. The number of anilines is 1. The zero-order chi connectivity index (χ0) is 18.4. The molecule has 0 atom stereocenters. The fraction of sp³-hybridized carbons (Fsp3) is 0.238. The summed E-state index contributed by atoms with van der Waals surface area (Å²) >= 11 is 0. The lowest BCUT2D eigenvalue weighted by Crippen LogP contribution is -2.16. The third-order valence-corrected chi connectivity index (χ3v) is 4.26. The molecule has 0 aliphatic rings. The summed E-state index contributed by atoms with van der Waals surface area (Å²) in [5.41, 5.74) is 4.07. The van der Waals surface area contributed by atoms with Gasteiger partial charge in [0.25, 0.3) is 0 Å². The molecule has 4 nitrogen and oxygen atoms in total. The summed E-state index contributed by atoms with van der Waals surface area (Å²) in [7, 11) is 2.11. The molecule has 0 unspecified atom stereocenters. The number of nitrogens with zero attached hydrogens (tertiary/aromatic N) is 3. The van der Waals surface area contributed by atoms with E-state index in [1.807, 2.05) is 12.1 Å².